The average Bonchev–Trinajstić information content (AvgIpc) is 2.26. The number of aliphatic hydroxyl groups excluding tert-OH is 1. The molecule has 2 atom stereocenters. The first-order valence-corrected chi connectivity index (χ1v) is 6.63. The fraction of sp³-hybridized carbons (Fsp3) is 0.538. The van der Waals surface area contributed by atoms with Crippen molar-refractivity contribution in [1.29, 1.82) is 0 Å². The largest absolute Gasteiger partial charge is 0.389 e. The molecule has 1 aromatic carbocycles. The van der Waals surface area contributed by atoms with E-state index in [0.717, 1.165) is 12.2 Å². The van der Waals surface area contributed by atoms with Crippen molar-refractivity contribution in [2.75, 3.05) is 5.75 Å². The lowest BCUT2D eigenvalue weighted by Gasteiger charge is -2.10. The zero-order valence-electron chi connectivity index (χ0n) is 10.0. The van der Waals surface area contributed by atoms with E-state index in [1.54, 1.807) is 30.8 Å². The second kappa shape index (κ2) is 6.26. The van der Waals surface area contributed by atoms with Gasteiger partial charge >= 0.3 is 0 Å². The van der Waals surface area contributed by atoms with Gasteiger partial charge in [0, 0.05) is 10.6 Å². The first kappa shape index (κ1) is 13.5. The Labute approximate surface area is 101 Å². The van der Waals surface area contributed by atoms with Gasteiger partial charge in [0.05, 0.1) is 6.10 Å². The minimum Gasteiger partial charge on any atom is -0.389 e. The fourth-order valence-electron chi connectivity index (χ4n) is 1.24. The molecule has 1 unspecified atom stereocenters. The maximum atomic E-state index is 13.6. The summed E-state index contributed by atoms with van der Waals surface area (Å²) in [6.07, 6.45) is 0.503. The van der Waals surface area contributed by atoms with Gasteiger partial charge in [-0.3, -0.25) is 0 Å². The first-order valence-electron chi connectivity index (χ1n) is 5.64. The molecule has 0 aliphatic heterocycles. The van der Waals surface area contributed by atoms with Gasteiger partial charge in [0.1, 0.15) is 5.82 Å². The van der Waals surface area contributed by atoms with Gasteiger partial charge in [0.25, 0.3) is 0 Å². The van der Waals surface area contributed by atoms with Crippen molar-refractivity contribution >= 4 is 11.8 Å². The molecule has 0 heterocycles. The molecule has 1 N–H and O–H groups in total. The summed E-state index contributed by atoms with van der Waals surface area (Å²) in [6.45, 7) is 5.94. The minimum absolute atomic E-state index is 0.230. The molecule has 0 bridgehead atoms. The van der Waals surface area contributed by atoms with Crippen LogP contribution < -0.4 is 0 Å². The second-order valence-electron chi connectivity index (χ2n) is 4.19. The van der Waals surface area contributed by atoms with Gasteiger partial charge in [-0.15, -0.1) is 11.8 Å². The summed E-state index contributed by atoms with van der Waals surface area (Å²) in [7, 11) is 0. The van der Waals surface area contributed by atoms with Crippen molar-refractivity contribution in [2.45, 2.75) is 38.2 Å². The van der Waals surface area contributed by atoms with Crippen LogP contribution >= 0.6 is 11.8 Å². The summed E-state index contributed by atoms with van der Waals surface area (Å²) >= 11 is 1.54. The SMILES string of the molecule is CCC(C)CSc1ccc([C@H](C)O)cc1F. The van der Waals surface area contributed by atoms with Crippen molar-refractivity contribution in [2.24, 2.45) is 5.92 Å². The minimum atomic E-state index is -0.608. The molecule has 16 heavy (non-hydrogen) atoms. The average molecular weight is 242 g/mol. The van der Waals surface area contributed by atoms with Crippen LogP contribution in [0.3, 0.4) is 0 Å². The van der Waals surface area contributed by atoms with Crippen LogP contribution in [-0.2, 0) is 0 Å². The molecule has 3 heteroatoms. The Morgan fingerprint density at radius 2 is 2.06 bits per heavy atom. The molecule has 0 saturated heterocycles. The number of thioether (sulfide) groups is 1. The highest BCUT2D eigenvalue weighted by atomic mass is 32.2. The standard InChI is InChI=1S/C13H19FOS/c1-4-9(2)8-16-13-6-5-11(10(3)15)7-12(13)14/h5-7,9-10,15H,4,8H2,1-3H3/t9?,10-/m0/s1. The number of halogens is 1. The summed E-state index contributed by atoms with van der Waals surface area (Å²) in [5, 5.41) is 9.32. The Hall–Kier alpha value is -0.540. The van der Waals surface area contributed by atoms with E-state index in [1.165, 1.54) is 6.07 Å². The Kier molecular flexibility index (Phi) is 5.29. The molecule has 0 aliphatic rings. The van der Waals surface area contributed by atoms with Crippen LogP contribution in [0.1, 0.15) is 38.9 Å². The van der Waals surface area contributed by atoms with E-state index in [1.807, 2.05) is 0 Å². The van der Waals surface area contributed by atoms with Crippen molar-refractivity contribution < 1.29 is 9.50 Å². The summed E-state index contributed by atoms with van der Waals surface area (Å²) in [5.74, 6) is 1.30. The molecular weight excluding hydrogens is 223 g/mol. The zero-order chi connectivity index (χ0) is 12.1. The summed E-state index contributed by atoms with van der Waals surface area (Å²) in [5.41, 5.74) is 0.630. The van der Waals surface area contributed by atoms with Crippen molar-refractivity contribution in [3.05, 3.63) is 29.6 Å². The Morgan fingerprint density at radius 3 is 2.56 bits per heavy atom. The van der Waals surface area contributed by atoms with Crippen LogP contribution in [0.4, 0.5) is 4.39 Å². The molecule has 1 rings (SSSR count). The topological polar surface area (TPSA) is 20.2 Å². The quantitative estimate of drug-likeness (QED) is 0.787. The van der Waals surface area contributed by atoms with E-state index in [9.17, 15) is 9.50 Å². The molecule has 0 spiro atoms. The van der Waals surface area contributed by atoms with Crippen molar-refractivity contribution in [1.82, 2.24) is 0 Å². The predicted octanol–water partition coefficient (Wildman–Crippen LogP) is 4.02. The Balaban J connectivity index is 2.68. The second-order valence-corrected chi connectivity index (χ2v) is 5.25. The Bertz CT molecular complexity index is 339. The van der Waals surface area contributed by atoms with Crippen LogP contribution in [0.15, 0.2) is 23.1 Å². The van der Waals surface area contributed by atoms with Crippen LogP contribution in [-0.4, -0.2) is 10.9 Å². The van der Waals surface area contributed by atoms with Gasteiger partial charge in [0.2, 0.25) is 0 Å². The van der Waals surface area contributed by atoms with Gasteiger partial charge < -0.3 is 5.11 Å². The van der Waals surface area contributed by atoms with Crippen LogP contribution in [0.5, 0.6) is 0 Å². The van der Waals surface area contributed by atoms with E-state index >= 15 is 0 Å². The molecular formula is C13H19FOS. The van der Waals surface area contributed by atoms with E-state index in [0.29, 0.717) is 16.4 Å². The number of hydrogen-bond donors (Lipinski definition) is 1. The number of rotatable bonds is 5. The third kappa shape index (κ3) is 3.80. The van der Waals surface area contributed by atoms with Gasteiger partial charge in [-0.1, -0.05) is 26.3 Å². The highest BCUT2D eigenvalue weighted by molar-refractivity contribution is 7.99. The fourth-order valence-corrected chi connectivity index (χ4v) is 2.30. The normalized spacial score (nSPS) is 14.8. The molecule has 0 aromatic heterocycles. The number of benzene rings is 1. The summed E-state index contributed by atoms with van der Waals surface area (Å²) < 4.78 is 13.6. The zero-order valence-corrected chi connectivity index (χ0v) is 10.9. The van der Waals surface area contributed by atoms with E-state index in [4.69, 9.17) is 0 Å². The van der Waals surface area contributed by atoms with Crippen LogP contribution in [0.25, 0.3) is 0 Å². The van der Waals surface area contributed by atoms with Crippen LogP contribution in [0.2, 0.25) is 0 Å². The molecule has 90 valence electrons. The highest BCUT2D eigenvalue weighted by Crippen LogP contribution is 2.26. The maximum Gasteiger partial charge on any atom is 0.137 e. The van der Waals surface area contributed by atoms with E-state index in [-0.39, 0.29) is 5.82 Å². The molecule has 1 nitrogen and oxygen atoms in total. The first-order chi connectivity index (χ1) is 7.54. The van der Waals surface area contributed by atoms with Crippen molar-refractivity contribution in [3.8, 4) is 0 Å². The lowest BCUT2D eigenvalue weighted by molar-refractivity contribution is 0.198. The van der Waals surface area contributed by atoms with Gasteiger partial charge in [-0.2, -0.15) is 0 Å². The molecule has 0 radical (unpaired) electrons. The molecule has 0 amide bonds. The molecule has 0 aliphatic carbocycles. The van der Waals surface area contributed by atoms with E-state index in [2.05, 4.69) is 13.8 Å². The Morgan fingerprint density at radius 1 is 1.38 bits per heavy atom. The smallest absolute Gasteiger partial charge is 0.137 e. The molecule has 0 fully saturated rings. The van der Waals surface area contributed by atoms with Gasteiger partial charge in [-0.25, -0.2) is 4.39 Å². The number of aliphatic hydroxyl groups is 1. The predicted molar refractivity (Wildman–Crippen MR) is 67.2 cm³/mol. The molecule has 1 aromatic rings. The maximum absolute atomic E-state index is 13.6. The van der Waals surface area contributed by atoms with Gasteiger partial charge in [0.15, 0.2) is 0 Å². The van der Waals surface area contributed by atoms with Crippen molar-refractivity contribution in [3.63, 3.8) is 0 Å². The lowest BCUT2D eigenvalue weighted by atomic mass is 10.1. The third-order valence-corrected chi connectivity index (χ3v) is 4.04. The monoisotopic (exact) mass is 242 g/mol. The lowest BCUT2D eigenvalue weighted by Crippen LogP contribution is -1.97. The molecule has 0 saturated carbocycles. The van der Waals surface area contributed by atoms with Crippen LogP contribution in [0, 0.1) is 11.7 Å². The third-order valence-electron chi connectivity index (χ3n) is 2.66. The van der Waals surface area contributed by atoms with Gasteiger partial charge in [-0.05, 0) is 30.5 Å². The summed E-state index contributed by atoms with van der Waals surface area (Å²) in [6, 6.07) is 4.96. The number of hydrogen-bond acceptors (Lipinski definition) is 2. The summed E-state index contributed by atoms with van der Waals surface area (Å²) in [4.78, 5) is 0.671. The van der Waals surface area contributed by atoms with E-state index < -0.39 is 6.10 Å². The highest BCUT2D eigenvalue weighted by Gasteiger charge is 2.08.